The molecule has 0 rings (SSSR count). The summed E-state index contributed by atoms with van der Waals surface area (Å²) in [6.45, 7) is 3.90. The van der Waals surface area contributed by atoms with Crippen LogP contribution in [0.5, 0.6) is 0 Å². The molecule has 0 unspecified atom stereocenters. The van der Waals surface area contributed by atoms with E-state index in [4.69, 9.17) is 9.47 Å². The van der Waals surface area contributed by atoms with Gasteiger partial charge in [-0.25, -0.2) is 0 Å². The molecule has 0 bridgehead atoms. The molecule has 0 heterocycles. The van der Waals surface area contributed by atoms with Crippen LogP contribution in [-0.2, 0) is 23.9 Å². The number of aliphatic hydroxyl groups excluding tert-OH is 1. The SMILES string of the molecule is CCCCCCCCCCCCCCC(=O)O[C@@H](CO)COC(=O)CCC/C=C\C/C=C\C/C=C\C=C\C(=O)CCCCC. The Balaban J connectivity index is 3.75. The van der Waals surface area contributed by atoms with E-state index in [0.717, 1.165) is 57.8 Å². The second-order valence-corrected chi connectivity index (χ2v) is 11.6. The van der Waals surface area contributed by atoms with Gasteiger partial charge in [0.1, 0.15) is 6.61 Å². The Labute approximate surface area is 269 Å². The maximum absolute atomic E-state index is 12.1. The second-order valence-electron chi connectivity index (χ2n) is 11.6. The van der Waals surface area contributed by atoms with Gasteiger partial charge in [-0.05, 0) is 44.6 Å². The molecule has 6 nitrogen and oxygen atoms in total. The molecule has 0 aromatic carbocycles. The number of hydrogen-bond acceptors (Lipinski definition) is 6. The van der Waals surface area contributed by atoms with Gasteiger partial charge in [-0.1, -0.05) is 140 Å². The van der Waals surface area contributed by atoms with Gasteiger partial charge in [-0.15, -0.1) is 0 Å². The van der Waals surface area contributed by atoms with Gasteiger partial charge in [0.25, 0.3) is 0 Å². The summed E-state index contributed by atoms with van der Waals surface area (Å²) in [5.41, 5.74) is 0. The van der Waals surface area contributed by atoms with Gasteiger partial charge >= 0.3 is 11.9 Å². The van der Waals surface area contributed by atoms with Crippen molar-refractivity contribution in [2.45, 2.75) is 161 Å². The summed E-state index contributed by atoms with van der Waals surface area (Å²) in [5, 5.41) is 9.50. The number of aliphatic hydroxyl groups is 1. The monoisotopic (exact) mass is 616 g/mol. The largest absolute Gasteiger partial charge is 0.462 e. The molecule has 0 saturated carbocycles. The van der Waals surface area contributed by atoms with Crippen molar-refractivity contribution in [3.63, 3.8) is 0 Å². The van der Waals surface area contributed by atoms with Crippen LogP contribution < -0.4 is 0 Å². The molecule has 0 fully saturated rings. The van der Waals surface area contributed by atoms with Crippen LogP contribution in [0.1, 0.15) is 155 Å². The normalized spacial score (nSPS) is 12.6. The van der Waals surface area contributed by atoms with Gasteiger partial charge in [0.05, 0.1) is 6.61 Å². The van der Waals surface area contributed by atoms with E-state index >= 15 is 0 Å². The fraction of sp³-hybridized carbons (Fsp3) is 0.711. The van der Waals surface area contributed by atoms with E-state index in [1.54, 1.807) is 6.08 Å². The number of esters is 2. The van der Waals surface area contributed by atoms with E-state index in [2.05, 4.69) is 32.1 Å². The number of allylic oxidation sites excluding steroid dienone is 8. The summed E-state index contributed by atoms with van der Waals surface area (Å²) in [5.74, 6) is -0.506. The van der Waals surface area contributed by atoms with Gasteiger partial charge < -0.3 is 14.6 Å². The van der Waals surface area contributed by atoms with Crippen molar-refractivity contribution in [1.29, 1.82) is 0 Å². The number of unbranched alkanes of at least 4 members (excludes halogenated alkanes) is 14. The third-order valence-corrected chi connectivity index (χ3v) is 7.35. The fourth-order valence-electron chi connectivity index (χ4n) is 4.62. The minimum atomic E-state index is -0.806. The van der Waals surface area contributed by atoms with Crippen molar-refractivity contribution in [2.24, 2.45) is 0 Å². The number of ketones is 1. The first-order valence-corrected chi connectivity index (χ1v) is 17.6. The van der Waals surface area contributed by atoms with E-state index in [0.29, 0.717) is 19.3 Å². The van der Waals surface area contributed by atoms with E-state index in [1.165, 1.54) is 57.8 Å². The molecule has 252 valence electrons. The molecule has 0 aromatic rings. The van der Waals surface area contributed by atoms with Crippen molar-refractivity contribution < 1.29 is 29.0 Å². The van der Waals surface area contributed by atoms with E-state index in [9.17, 15) is 19.5 Å². The number of carbonyl (C=O) groups excluding carboxylic acids is 3. The number of ether oxygens (including phenoxy) is 2. The lowest BCUT2D eigenvalue weighted by molar-refractivity contribution is -0.161. The Bertz CT molecular complexity index is 810. The average Bonchev–Trinajstić information content (AvgIpc) is 3.02. The summed E-state index contributed by atoms with van der Waals surface area (Å²) in [7, 11) is 0. The third-order valence-electron chi connectivity index (χ3n) is 7.35. The highest BCUT2D eigenvalue weighted by atomic mass is 16.6. The van der Waals surface area contributed by atoms with Crippen molar-refractivity contribution in [3.8, 4) is 0 Å². The molecular weight excluding hydrogens is 552 g/mol. The summed E-state index contributed by atoms with van der Waals surface area (Å²) in [4.78, 5) is 35.7. The fourth-order valence-corrected chi connectivity index (χ4v) is 4.62. The molecule has 1 N–H and O–H groups in total. The lowest BCUT2D eigenvalue weighted by Gasteiger charge is -2.15. The molecule has 44 heavy (non-hydrogen) atoms. The molecule has 0 aliphatic carbocycles. The second kappa shape index (κ2) is 33.4. The topological polar surface area (TPSA) is 89.9 Å². The maximum atomic E-state index is 12.1. The first-order valence-electron chi connectivity index (χ1n) is 17.6. The predicted octanol–water partition coefficient (Wildman–Crippen LogP) is 9.85. The lowest BCUT2D eigenvalue weighted by Crippen LogP contribution is -2.28. The van der Waals surface area contributed by atoms with Crippen LogP contribution in [0.2, 0.25) is 0 Å². The standard InChI is InChI=1S/C38H64O6/c1-3-5-7-8-9-10-11-14-18-21-24-28-32-38(42)44-36(33-39)34-43-37(41)31-27-23-20-17-15-12-13-16-19-22-26-30-35(40)29-25-6-4-2/h12-13,17,19-20,22,26,30,36,39H,3-11,14-16,18,21,23-25,27-29,31-34H2,1-2H3/b13-12-,20-17-,22-19-,30-26+/t36-/m0/s1. The summed E-state index contributed by atoms with van der Waals surface area (Å²) >= 11 is 0. The van der Waals surface area contributed by atoms with Crippen molar-refractivity contribution in [3.05, 3.63) is 48.6 Å². The molecular formula is C38H64O6. The van der Waals surface area contributed by atoms with Crippen molar-refractivity contribution >= 4 is 17.7 Å². The van der Waals surface area contributed by atoms with Gasteiger partial charge in [0.2, 0.25) is 0 Å². The number of rotatable bonds is 31. The van der Waals surface area contributed by atoms with Crippen LogP contribution in [0, 0.1) is 0 Å². The van der Waals surface area contributed by atoms with Crippen LogP contribution in [-0.4, -0.2) is 42.1 Å². The van der Waals surface area contributed by atoms with Gasteiger partial charge in [-0.3, -0.25) is 14.4 Å². The molecule has 0 spiro atoms. The zero-order valence-corrected chi connectivity index (χ0v) is 28.2. The summed E-state index contributed by atoms with van der Waals surface area (Å²) in [6, 6.07) is 0. The molecule has 6 heteroatoms. The molecule has 0 aromatic heterocycles. The first kappa shape index (κ1) is 41.5. The molecule has 0 saturated heterocycles. The number of carbonyl (C=O) groups is 3. The number of hydrogen-bond donors (Lipinski definition) is 1. The van der Waals surface area contributed by atoms with Gasteiger partial charge in [0, 0.05) is 19.3 Å². The highest BCUT2D eigenvalue weighted by Gasteiger charge is 2.16. The minimum absolute atomic E-state index is 0.111. The highest BCUT2D eigenvalue weighted by Crippen LogP contribution is 2.13. The Morgan fingerprint density at radius 3 is 1.75 bits per heavy atom. The lowest BCUT2D eigenvalue weighted by atomic mass is 10.0. The maximum Gasteiger partial charge on any atom is 0.306 e. The van der Waals surface area contributed by atoms with Crippen molar-refractivity contribution in [2.75, 3.05) is 13.2 Å². The van der Waals surface area contributed by atoms with Gasteiger partial charge in [-0.2, -0.15) is 0 Å². The Morgan fingerprint density at radius 1 is 0.591 bits per heavy atom. The molecule has 0 amide bonds. The molecule has 0 aliphatic rings. The first-order chi connectivity index (χ1) is 21.5. The Morgan fingerprint density at radius 2 is 1.11 bits per heavy atom. The van der Waals surface area contributed by atoms with Gasteiger partial charge in [0.15, 0.2) is 11.9 Å². The van der Waals surface area contributed by atoms with Crippen molar-refractivity contribution in [1.82, 2.24) is 0 Å². The van der Waals surface area contributed by atoms with E-state index < -0.39 is 6.10 Å². The minimum Gasteiger partial charge on any atom is -0.462 e. The van der Waals surface area contributed by atoms with E-state index in [-0.39, 0.29) is 37.4 Å². The zero-order valence-electron chi connectivity index (χ0n) is 28.2. The summed E-state index contributed by atoms with van der Waals surface area (Å²) < 4.78 is 10.5. The molecule has 0 radical (unpaired) electrons. The quantitative estimate of drug-likeness (QED) is 0.0274. The third kappa shape index (κ3) is 31.0. The molecule has 0 aliphatic heterocycles. The smallest absolute Gasteiger partial charge is 0.306 e. The van der Waals surface area contributed by atoms with Crippen LogP contribution >= 0.6 is 0 Å². The Hall–Kier alpha value is -2.47. The Kier molecular flexibility index (Phi) is 31.5. The van der Waals surface area contributed by atoms with E-state index in [1.807, 2.05) is 24.3 Å². The average molecular weight is 617 g/mol. The van der Waals surface area contributed by atoms with Crippen LogP contribution in [0.3, 0.4) is 0 Å². The van der Waals surface area contributed by atoms with Crippen LogP contribution in [0.15, 0.2) is 48.6 Å². The van der Waals surface area contributed by atoms with Crippen LogP contribution in [0.25, 0.3) is 0 Å². The summed E-state index contributed by atoms with van der Waals surface area (Å²) in [6.07, 6.45) is 37.2. The molecule has 1 atom stereocenters. The predicted molar refractivity (Wildman–Crippen MR) is 182 cm³/mol. The highest BCUT2D eigenvalue weighted by molar-refractivity contribution is 5.89. The van der Waals surface area contributed by atoms with Crippen LogP contribution in [0.4, 0.5) is 0 Å². The zero-order chi connectivity index (χ0) is 32.4.